The first-order valence-corrected chi connectivity index (χ1v) is 15.1. The van der Waals surface area contributed by atoms with Crippen LogP contribution >= 0.6 is 11.6 Å². The van der Waals surface area contributed by atoms with Crippen molar-refractivity contribution in [1.82, 2.24) is 24.8 Å². The monoisotopic (exact) mass is 608 g/mol. The molecule has 0 N–H and O–H groups in total. The van der Waals surface area contributed by atoms with Crippen LogP contribution in [0.25, 0.3) is 10.9 Å². The van der Waals surface area contributed by atoms with Gasteiger partial charge >= 0.3 is 12.1 Å². The molecule has 4 fully saturated rings. The van der Waals surface area contributed by atoms with E-state index in [1.54, 1.807) is 7.11 Å². The Kier molecular flexibility index (Phi) is 7.62. The number of carbonyl (C=O) groups is 1. The average molecular weight is 609 g/mol. The molecule has 0 aromatic carbocycles. The van der Waals surface area contributed by atoms with Crippen LogP contribution in [0.2, 0.25) is 5.15 Å². The molecule has 0 spiro atoms. The Labute approximate surface area is 249 Å². The van der Waals surface area contributed by atoms with Gasteiger partial charge in [0.15, 0.2) is 11.0 Å². The van der Waals surface area contributed by atoms with Crippen LogP contribution < -0.4 is 9.64 Å². The van der Waals surface area contributed by atoms with Gasteiger partial charge in [0.05, 0.1) is 22.5 Å². The number of ether oxygens (including phenoxy) is 3. The molecule has 4 atom stereocenters. The summed E-state index contributed by atoms with van der Waals surface area (Å²) in [5, 5.41) is 0.114. The highest BCUT2D eigenvalue weighted by Gasteiger charge is 2.55. The van der Waals surface area contributed by atoms with Crippen LogP contribution in [0.4, 0.5) is 19.4 Å². The number of fused-ring (bicyclic) bond motifs is 4. The summed E-state index contributed by atoms with van der Waals surface area (Å²) in [6.45, 7) is 8.37. The highest BCUT2D eigenvalue weighted by molar-refractivity contribution is 6.30. The summed E-state index contributed by atoms with van der Waals surface area (Å²) in [6.07, 6.45) is 4.58. The lowest BCUT2D eigenvalue weighted by Gasteiger charge is -2.49. The molecule has 1 amide bonds. The second-order valence-electron chi connectivity index (χ2n) is 13.2. The van der Waals surface area contributed by atoms with E-state index in [4.69, 9.17) is 30.8 Å². The SMILES string of the molecule is COCC[C@@]12CCC(CN(c3nc(OCC45CCCN4C[C@H](F)C5)nc4c(F)c(Cl)ncc34)C1)N2C(=O)OC(C)(C)C. The van der Waals surface area contributed by atoms with Crippen LogP contribution in [0, 0.1) is 5.82 Å². The van der Waals surface area contributed by atoms with Crippen molar-refractivity contribution in [1.29, 1.82) is 0 Å². The Morgan fingerprint density at radius 2 is 2.02 bits per heavy atom. The number of amides is 1. The molecule has 4 aliphatic rings. The van der Waals surface area contributed by atoms with Crippen LogP contribution in [0.15, 0.2) is 6.20 Å². The van der Waals surface area contributed by atoms with Gasteiger partial charge in [0, 0.05) is 46.0 Å². The minimum atomic E-state index is -0.899. The number of halogens is 3. The molecule has 42 heavy (non-hydrogen) atoms. The number of methoxy groups -OCH3 is 1. The van der Waals surface area contributed by atoms with Gasteiger partial charge in [0.1, 0.15) is 29.7 Å². The summed E-state index contributed by atoms with van der Waals surface area (Å²) in [7, 11) is 1.64. The summed E-state index contributed by atoms with van der Waals surface area (Å²) in [5.74, 6) is -0.288. The molecule has 13 heteroatoms. The van der Waals surface area contributed by atoms with Gasteiger partial charge in [-0.3, -0.25) is 9.80 Å². The normalized spacial score (nSPS) is 29.4. The fraction of sp³-hybridized carbons (Fsp3) is 0.724. The van der Waals surface area contributed by atoms with E-state index in [2.05, 4.69) is 19.8 Å². The zero-order chi connectivity index (χ0) is 29.9. The third-order valence-electron chi connectivity index (χ3n) is 9.23. The van der Waals surface area contributed by atoms with Crippen LogP contribution in [0.5, 0.6) is 6.01 Å². The van der Waals surface area contributed by atoms with Gasteiger partial charge in [-0.25, -0.2) is 18.6 Å². The van der Waals surface area contributed by atoms with Gasteiger partial charge in [-0.2, -0.15) is 9.97 Å². The lowest BCUT2D eigenvalue weighted by atomic mass is 9.91. The molecule has 6 heterocycles. The molecule has 2 aromatic heterocycles. The molecular weight excluding hydrogens is 570 g/mol. The number of hydrogen-bond donors (Lipinski definition) is 0. The van der Waals surface area contributed by atoms with Crippen molar-refractivity contribution in [3.8, 4) is 6.01 Å². The first-order valence-electron chi connectivity index (χ1n) is 14.7. The van der Waals surface area contributed by atoms with Crippen molar-refractivity contribution >= 4 is 34.4 Å². The van der Waals surface area contributed by atoms with E-state index >= 15 is 4.39 Å². The maximum absolute atomic E-state index is 15.4. The minimum absolute atomic E-state index is 0.00931. The van der Waals surface area contributed by atoms with Crippen LogP contribution in [-0.2, 0) is 9.47 Å². The van der Waals surface area contributed by atoms with Crippen molar-refractivity contribution in [3.63, 3.8) is 0 Å². The molecule has 0 aliphatic carbocycles. The fourth-order valence-corrected chi connectivity index (χ4v) is 7.60. The Morgan fingerprint density at radius 3 is 2.79 bits per heavy atom. The van der Waals surface area contributed by atoms with E-state index in [-0.39, 0.29) is 35.4 Å². The van der Waals surface area contributed by atoms with Gasteiger partial charge in [-0.15, -0.1) is 0 Å². The fourth-order valence-electron chi connectivity index (χ4n) is 7.46. The maximum atomic E-state index is 15.4. The molecular formula is C29H39ClF2N6O4. The van der Waals surface area contributed by atoms with E-state index < -0.39 is 28.7 Å². The molecule has 4 aliphatic heterocycles. The Morgan fingerprint density at radius 1 is 1.21 bits per heavy atom. The standard InChI is InChI=1S/C29H39ClF2N6O4/c1-27(2,3)42-26(39)38-19-6-8-28(38,9-11-40-4)16-36(15-19)24-20-13-33-23(30)21(32)22(20)34-25(35-24)41-17-29-7-5-10-37(29)14-18(31)12-29/h13,18-19H,5-12,14-17H2,1-4H3/t18-,19?,28+,29?/m1/s1. The van der Waals surface area contributed by atoms with Crippen molar-refractivity contribution in [3.05, 3.63) is 17.2 Å². The zero-order valence-corrected chi connectivity index (χ0v) is 25.4. The smallest absolute Gasteiger partial charge is 0.411 e. The summed E-state index contributed by atoms with van der Waals surface area (Å²) in [6, 6.07) is -0.133. The molecule has 10 nitrogen and oxygen atoms in total. The maximum Gasteiger partial charge on any atom is 0.411 e. The predicted octanol–water partition coefficient (Wildman–Crippen LogP) is 4.77. The average Bonchev–Trinajstić information content (AvgIpc) is 3.53. The number of hydrogen-bond acceptors (Lipinski definition) is 9. The van der Waals surface area contributed by atoms with Crippen molar-refractivity contribution < 1.29 is 27.8 Å². The van der Waals surface area contributed by atoms with Crippen molar-refractivity contribution in [2.75, 3.05) is 51.4 Å². The highest BCUT2D eigenvalue weighted by Crippen LogP contribution is 2.45. The topological polar surface area (TPSA) is 93.2 Å². The number of anilines is 1. The lowest BCUT2D eigenvalue weighted by molar-refractivity contribution is -0.0130. The Bertz CT molecular complexity index is 1360. The van der Waals surface area contributed by atoms with E-state index in [9.17, 15) is 9.18 Å². The van der Waals surface area contributed by atoms with Gasteiger partial charge < -0.3 is 19.1 Å². The van der Waals surface area contributed by atoms with Crippen LogP contribution in [0.3, 0.4) is 0 Å². The Hall–Kier alpha value is -2.57. The third kappa shape index (κ3) is 5.23. The first kappa shape index (κ1) is 29.5. The molecule has 230 valence electrons. The largest absolute Gasteiger partial charge is 0.461 e. The minimum Gasteiger partial charge on any atom is -0.461 e. The molecule has 2 aromatic rings. The second-order valence-corrected chi connectivity index (χ2v) is 13.6. The quantitative estimate of drug-likeness (QED) is 0.412. The van der Waals surface area contributed by atoms with Crippen molar-refractivity contribution in [2.45, 2.75) is 88.2 Å². The number of carbonyl (C=O) groups excluding carboxylic acids is 1. The number of piperazine rings is 1. The summed E-state index contributed by atoms with van der Waals surface area (Å²) in [5.41, 5.74) is -1.60. The highest BCUT2D eigenvalue weighted by atomic mass is 35.5. The number of alkyl halides is 1. The van der Waals surface area contributed by atoms with E-state index in [0.717, 1.165) is 32.2 Å². The zero-order valence-electron chi connectivity index (χ0n) is 24.7. The molecule has 4 saturated heterocycles. The molecule has 2 unspecified atom stereocenters. The number of rotatable bonds is 7. The summed E-state index contributed by atoms with van der Waals surface area (Å²) in [4.78, 5) is 32.8. The summed E-state index contributed by atoms with van der Waals surface area (Å²) < 4.78 is 47.2. The van der Waals surface area contributed by atoms with Gasteiger partial charge in [0.25, 0.3) is 0 Å². The lowest BCUT2D eigenvalue weighted by Crippen LogP contribution is -2.64. The van der Waals surface area contributed by atoms with E-state index in [1.165, 1.54) is 6.20 Å². The number of nitrogens with zero attached hydrogens (tertiary/aromatic N) is 6. The molecule has 6 rings (SSSR count). The number of aromatic nitrogens is 3. The molecule has 2 bridgehead atoms. The van der Waals surface area contributed by atoms with Gasteiger partial charge in [-0.05, 0) is 59.4 Å². The predicted molar refractivity (Wildman–Crippen MR) is 153 cm³/mol. The van der Waals surface area contributed by atoms with Gasteiger partial charge in [0.2, 0.25) is 0 Å². The van der Waals surface area contributed by atoms with Gasteiger partial charge in [-0.1, -0.05) is 11.6 Å². The van der Waals surface area contributed by atoms with Crippen molar-refractivity contribution in [2.24, 2.45) is 0 Å². The van der Waals surface area contributed by atoms with Crippen LogP contribution in [-0.4, -0.2) is 106 Å². The van der Waals surface area contributed by atoms with E-state index in [0.29, 0.717) is 50.3 Å². The third-order valence-corrected chi connectivity index (χ3v) is 9.49. The first-order chi connectivity index (χ1) is 19.9. The molecule has 0 saturated carbocycles. The van der Waals surface area contributed by atoms with E-state index in [1.807, 2.05) is 25.7 Å². The second kappa shape index (κ2) is 10.9. The number of pyridine rings is 1. The van der Waals surface area contributed by atoms with Crippen LogP contribution in [0.1, 0.15) is 59.3 Å². The summed E-state index contributed by atoms with van der Waals surface area (Å²) >= 11 is 6.07. The molecule has 0 radical (unpaired) electrons. The Balaban J connectivity index is 1.35.